The minimum Gasteiger partial charge on any atom is -0.329 e. The molecule has 3 aromatic rings. The largest absolute Gasteiger partial charge is 0.416 e. The van der Waals surface area contributed by atoms with Gasteiger partial charge in [0.25, 0.3) is 0 Å². The summed E-state index contributed by atoms with van der Waals surface area (Å²) in [6.45, 7) is 0. The SMILES string of the molecule is Fc1ccc(-n2nc(Nc3cc(C(F)(F)F)ccc3Cl)sc2=S)cc1. The second-order valence-electron chi connectivity index (χ2n) is 4.88. The van der Waals surface area contributed by atoms with E-state index in [2.05, 4.69) is 10.4 Å². The molecule has 1 N–H and O–H groups in total. The van der Waals surface area contributed by atoms with Crippen LogP contribution in [0.5, 0.6) is 0 Å². The van der Waals surface area contributed by atoms with Crippen molar-refractivity contribution in [1.29, 1.82) is 0 Å². The molecule has 1 aromatic heterocycles. The molecule has 0 bridgehead atoms. The van der Waals surface area contributed by atoms with Gasteiger partial charge in [0, 0.05) is 0 Å². The maximum absolute atomic E-state index is 13.0. The van der Waals surface area contributed by atoms with Crippen LogP contribution < -0.4 is 5.32 Å². The van der Waals surface area contributed by atoms with Crippen LogP contribution in [0.1, 0.15) is 5.56 Å². The Labute approximate surface area is 153 Å². The Bertz CT molecular complexity index is 964. The first-order chi connectivity index (χ1) is 11.7. The third kappa shape index (κ3) is 4.00. The van der Waals surface area contributed by atoms with E-state index in [1.807, 2.05) is 0 Å². The number of aromatic nitrogens is 2. The summed E-state index contributed by atoms with van der Waals surface area (Å²) in [6.07, 6.45) is -4.49. The van der Waals surface area contributed by atoms with E-state index < -0.39 is 17.6 Å². The van der Waals surface area contributed by atoms with Crippen molar-refractivity contribution in [2.75, 3.05) is 5.32 Å². The number of nitrogens with zero attached hydrogens (tertiary/aromatic N) is 2. The summed E-state index contributed by atoms with van der Waals surface area (Å²) in [5.74, 6) is -0.403. The predicted molar refractivity (Wildman–Crippen MR) is 92.0 cm³/mol. The van der Waals surface area contributed by atoms with Gasteiger partial charge in [-0.15, -0.1) is 5.10 Å². The van der Waals surface area contributed by atoms with Gasteiger partial charge in [0.1, 0.15) is 5.82 Å². The molecule has 0 unspecified atom stereocenters. The Kier molecular flexibility index (Phi) is 4.81. The number of anilines is 2. The molecule has 0 amide bonds. The number of hydrogen-bond donors (Lipinski definition) is 1. The minimum atomic E-state index is -4.49. The maximum Gasteiger partial charge on any atom is 0.416 e. The average molecular weight is 406 g/mol. The van der Waals surface area contributed by atoms with E-state index in [9.17, 15) is 17.6 Å². The van der Waals surface area contributed by atoms with Crippen LogP contribution in [0.3, 0.4) is 0 Å². The van der Waals surface area contributed by atoms with Gasteiger partial charge >= 0.3 is 6.18 Å². The van der Waals surface area contributed by atoms with Gasteiger partial charge in [-0.1, -0.05) is 22.9 Å². The van der Waals surface area contributed by atoms with Gasteiger partial charge in [0.15, 0.2) is 3.95 Å². The fourth-order valence-electron chi connectivity index (χ4n) is 1.99. The number of halogens is 5. The third-order valence-corrected chi connectivity index (χ3v) is 4.63. The molecule has 0 fully saturated rings. The van der Waals surface area contributed by atoms with Crippen LogP contribution in [-0.4, -0.2) is 9.78 Å². The first kappa shape index (κ1) is 17.8. The third-order valence-electron chi connectivity index (χ3n) is 3.15. The Morgan fingerprint density at radius 2 is 1.80 bits per heavy atom. The highest BCUT2D eigenvalue weighted by atomic mass is 35.5. The number of hydrogen-bond acceptors (Lipinski definition) is 4. The molecule has 25 heavy (non-hydrogen) atoms. The van der Waals surface area contributed by atoms with Crippen molar-refractivity contribution < 1.29 is 17.6 Å². The molecule has 0 aliphatic carbocycles. The Morgan fingerprint density at radius 3 is 2.44 bits per heavy atom. The van der Waals surface area contributed by atoms with E-state index in [1.54, 1.807) is 0 Å². The molecule has 2 aromatic carbocycles. The van der Waals surface area contributed by atoms with Crippen LogP contribution in [0.2, 0.25) is 5.02 Å². The van der Waals surface area contributed by atoms with Crippen molar-refractivity contribution in [3.8, 4) is 5.69 Å². The average Bonchev–Trinajstić information content (AvgIpc) is 2.90. The molecule has 10 heteroatoms. The molecule has 0 spiro atoms. The molecule has 0 atom stereocenters. The molecule has 3 nitrogen and oxygen atoms in total. The van der Waals surface area contributed by atoms with Gasteiger partial charge in [-0.3, -0.25) is 0 Å². The van der Waals surface area contributed by atoms with E-state index in [0.29, 0.717) is 9.64 Å². The molecule has 1 heterocycles. The smallest absolute Gasteiger partial charge is 0.329 e. The monoisotopic (exact) mass is 405 g/mol. The number of rotatable bonds is 3. The van der Waals surface area contributed by atoms with Crippen LogP contribution in [0, 0.1) is 9.77 Å². The van der Waals surface area contributed by atoms with E-state index in [-0.39, 0.29) is 15.8 Å². The normalized spacial score (nSPS) is 11.6. The van der Waals surface area contributed by atoms with Crippen LogP contribution in [0.15, 0.2) is 42.5 Å². The lowest BCUT2D eigenvalue weighted by atomic mass is 10.2. The van der Waals surface area contributed by atoms with Crippen molar-refractivity contribution in [3.05, 3.63) is 62.8 Å². The Morgan fingerprint density at radius 1 is 1.12 bits per heavy atom. The van der Waals surface area contributed by atoms with Crippen LogP contribution in [-0.2, 0) is 6.18 Å². The van der Waals surface area contributed by atoms with Crippen molar-refractivity contribution in [2.24, 2.45) is 0 Å². The summed E-state index contributed by atoms with van der Waals surface area (Å²) in [5, 5.41) is 7.31. The Balaban J connectivity index is 1.93. The van der Waals surface area contributed by atoms with Gasteiger partial charge in [-0.25, -0.2) is 9.07 Å². The second kappa shape index (κ2) is 6.74. The first-order valence-corrected chi connectivity index (χ1v) is 8.34. The number of benzene rings is 2. The number of nitrogens with one attached hydrogen (secondary N) is 1. The molecule has 3 rings (SSSR count). The quantitative estimate of drug-likeness (QED) is 0.414. The predicted octanol–water partition coefficient (Wildman–Crippen LogP) is 6.22. The topological polar surface area (TPSA) is 29.9 Å². The molecule has 0 saturated heterocycles. The highest BCUT2D eigenvalue weighted by molar-refractivity contribution is 7.73. The molecule has 130 valence electrons. The van der Waals surface area contributed by atoms with Gasteiger partial charge in [0.05, 0.1) is 22.0 Å². The van der Waals surface area contributed by atoms with Crippen molar-refractivity contribution in [2.45, 2.75) is 6.18 Å². The summed E-state index contributed by atoms with van der Waals surface area (Å²) < 4.78 is 53.2. The van der Waals surface area contributed by atoms with Gasteiger partial charge in [0.2, 0.25) is 5.13 Å². The van der Waals surface area contributed by atoms with Gasteiger partial charge < -0.3 is 5.32 Å². The lowest BCUT2D eigenvalue weighted by molar-refractivity contribution is -0.137. The molecule has 0 aliphatic rings. The zero-order valence-electron chi connectivity index (χ0n) is 12.1. The van der Waals surface area contributed by atoms with E-state index >= 15 is 0 Å². The van der Waals surface area contributed by atoms with Crippen LogP contribution in [0.25, 0.3) is 5.69 Å². The molecule has 0 radical (unpaired) electrons. The summed E-state index contributed by atoms with van der Waals surface area (Å²) >= 11 is 12.2. The molecule has 0 saturated carbocycles. The van der Waals surface area contributed by atoms with E-state index in [1.165, 1.54) is 28.9 Å². The highest BCUT2D eigenvalue weighted by Crippen LogP contribution is 2.35. The zero-order chi connectivity index (χ0) is 18.2. The molecule has 0 aliphatic heterocycles. The summed E-state index contributed by atoms with van der Waals surface area (Å²) in [5.41, 5.74) is -0.238. The van der Waals surface area contributed by atoms with Crippen LogP contribution in [0.4, 0.5) is 28.4 Å². The molecular formula is C15H8ClF4N3S2. The first-order valence-electron chi connectivity index (χ1n) is 6.74. The summed E-state index contributed by atoms with van der Waals surface area (Å²) in [7, 11) is 0. The van der Waals surface area contributed by atoms with E-state index in [0.717, 1.165) is 29.5 Å². The van der Waals surface area contributed by atoms with Gasteiger partial charge in [-0.2, -0.15) is 13.2 Å². The minimum absolute atomic E-state index is 0.0616. The standard InChI is InChI=1S/C15H8ClF4N3S2/c16-11-6-1-8(15(18,19)20)7-12(11)21-13-22-23(14(24)25-13)10-4-2-9(17)3-5-10/h1-7H,(H,21,22). The fraction of sp³-hybridized carbons (Fsp3) is 0.0667. The maximum atomic E-state index is 13.0. The van der Waals surface area contributed by atoms with Crippen LogP contribution >= 0.6 is 35.2 Å². The highest BCUT2D eigenvalue weighted by Gasteiger charge is 2.31. The lowest BCUT2D eigenvalue weighted by Crippen LogP contribution is -2.05. The van der Waals surface area contributed by atoms with Crippen molar-refractivity contribution in [1.82, 2.24) is 9.78 Å². The van der Waals surface area contributed by atoms with Crippen molar-refractivity contribution in [3.63, 3.8) is 0 Å². The summed E-state index contributed by atoms with van der Waals surface area (Å²) in [4.78, 5) is 0. The van der Waals surface area contributed by atoms with E-state index in [4.69, 9.17) is 23.8 Å². The zero-order valence-corrected chi connectivity index (χ0v) is 14.5. The van der Waals surface area contributed by atoms with Gasteiger partial charge in [-0.05, 0) is 54.7 Å². The fourth-order valence-corrected chi connectivity index (χ4v) is 3.22. The second-order valence-corrected chi connectivity index (χ2v) is 6.91. The van der Waals surface area contributed by atoms with Crippen molar-refractivity contribution >= 4 is 46.0 Å². The number of alkyl halides is 3. The summed E-state index contributed by atoms with van der Waals surface area (Å²) in [6, 6.07) is 8.45. The molecular weight excluding hydrogens is 398 g/mol. The Hall–Kier alpha value is -1.97. The lowest BCUT2D eigenvalue weighted by Gasteiger charge is -2.10.